The van der Waals surface area contributed by atoms with Gasteiger partial charge >= 0.3 is 5.97 Å². The number of alkyl halides is 3. The lowest BCUT2D eigenvalue weighted by Gasteiger charge is -2.08. The average Bonchev–Trinajstić information content (AvgIpc) is 2.29. The number of halogens is 4. The van der Waals surface area contributed by atoms with Gasteiger partial charge in [-0.1, -0.05) is 15.9 Å². The Labute approximate surface area is 104 Å². The van der Waals surface area contributed by atoms with Gasteiger partial charge in [-0.15, -0.1) is 0 Å². The highest BCUT2D eigenvalue weighted by molar-refractivity contribution is 9.08. The first-order chi connectivity index (χ1) is 8.01. The summed E-state index contributed by atoms with van der Waals surface area (Å²) in [6, 6.07) is 1.09. The van der Waals surface area contributed by atoms with Gasteiger partial charge in [-0.3, -0.25) is 0 Å². The number of rotatable bonds is 4. The first-order valence-corrected chi connectivity index (χ1v) is 5.83. The Morgan fingerprint density at radius 3 is 2.71 bits per heavy atom. The maximum absolute atomic E-state index is 13.4. The van der Waals surface area contributed by atoms with Crippen molar-refractivity contribution >= 4 is 21.9 Å². The highest BCUT2D eigenvalue weighted by Crippen LogP contribution is 2.24. The standard InChI is InChI=1S/C10H9BrF3NO2/c1-2-17-10(16)6-3-5(4-11)7(12)8(15-6)9(13)14/h3,9H,2,4H2,1H3. The van der Waals surface area contributed by atoms with Crippen molar-refractivity contribution in [1.29, 1.82) is 0 Å². The summed E-state index contributed by atoms with van der Waals surface area (Å²) in [4.78, 5) is 14.6. The summed E-state index contributed by atoms with van der Waals surface area (Å²) in [5.74, 6) is -1.96. The molecule has 0 aliphatic heterocycles. The third kappa shape index (κ3) is 3.18. The van der Waals surface area contributed by atoms with E-state index in [2.05, 4.69) is 25.7 Å². The van der Waals surface area contributed by atoms with Crippen molar-refractivity contribution in [3.63, 3.8) is 0 Å². The van der Waals surface area contributed by atoms with Gasteiger partial charge in [0.15, 0.2) is 5.82 Å². The monoisotopic (exact) mass is 311 g/mol. The molecular formula is C10H9BrF3NO2. The molecule has 0 fully saturated rings. The summed E-state index contributed by atoms with van der Waals surface area (Å²) < 4.78 is 43.1. The molecule has 0 saturated carbocycles. The third-order valence-corrected chi connectivity index (χ3v) is 2.50. The fourth-order valence-corrected chi connectivity index (χ4v) is 1.56. The van der Waals surface area contributed by atoms with Crippen LogP contribution in [-0.2, 0) is 10.1 Å². The van der Waals surface area contributed by atoms with Crippen molar-refractivity contribution in [3.05, 3.63) is 28.8 Å². The molecule has 0 atom stereocenters. The molecule has 1 aromatic rings. The fourth-order valence-electron chi connectivity index (χ4n) is 1.16. The Bertz CT molecular complexity index is 426. The van der Waals surface area contributed by atoms with E-state index in [1.165, 1.54) is 0 Å². The SMILES string of the molecule is CCOC(=O)c1cc(CBr)c(F)c(C(F)F)n1. The summed E-state index contributed by atoms with van der Waals surface area (Å²) in [6.45, 7) is 1.66. The van der Waals surface area contributed by atoms with Gasteiger partial charge < -0.3 is 4.74 Å². The van der Waals surface area contributed by atoms with E-state index in [0.29, 0.717) is 0 Å². The summed E-state index contributed by atoms with van der Waals surface area (Å²) >= 11 is 2.95. The first-order valence-electron chi connectivity index (χ1n) is 4.71. The molecule has 0 aromatic carbocycles. The van der Waals surface area contributed by atoms with Crippen LogP contribution in [0.2, 0.25) is 0 Å². The van der Waals surface area contributed by atoms with Crippen molar-refractivity contribution in [2.45, 2.75) is 18.7 Å². The van der Waals surface area contributed by atoms with Crippen LogP contribution in [0.25, 0.3) is 0 Å². The van der Waals surface area contributed by atoms with E-state index >= 15 is 0 Å². The van der Waals surface area contributed by atoms with E-state index < -0.39 is 23.9 Å². The molecule has 0 unspecified atom stereocenters. The highest BCUT2D eigenvalue weighted by Gasteiger charge is 2.22. The lowest BCUT2D eigenvalue weighted by Crippen LogP contribution is -2.11. The second-order valence-corrected chi connectivity index (χ2v) is 3.58. The van der Waals surface area contributed by atoms with E-state index in [0.717, 1.165) is 6.07 Å². The van der Waals surface area contributed by atoms with Crippen LogP contribution in [0.15, 0.2) is 6.07 Å². The number of nitrogens with zero attached hydrogens (tertiary/aromatic N) is 1. The zero-order chi connectivity index (χ0) is 13.0. The van der Waals surface area contributed by atoms with Crippen LogP contribution in [0.5, 0.6) is 0 Å². The smallest absolute Gasteiger partial charge is 0.356 e. The maximum Gasteiger partial charge on any atom is 0.356 e. The van der Waals surface area contributed by atoms with Gasteiger partial charge in [0.25, 0.3) is 6.43 Å². The zero-order valence-electron chi connectivity index (χ0n) is 8.84. The van der Waals surface area contributed by atoms with Crippen molar-refractivity contribution in [2.24, 2.45) is 0 Å². The molecular weight excluding hydrogens is 303 g/mol. The van der Waals surface area contributed by atoms with Gasteiger partial charge in [-0.25, -0.2) is 22.9 Å². The van der Waals surface area contributed by atoms with Crippen molar-refractivity contribution in [3.8, 4) is 0 Å². The molecule has 0 saturated heterocycles. The Balaban J connectivity index is 3.25. The van der Waals surface area contributed by atoms with Crippen molar-refractivity contribution in [2.75, 3.05) is 6.61 Å². The summed E-state index contributed by atoms with van der Waals surface area (Å²) in [5, 5.41) is 0.00742. The van der Waals surface area contributed by atoms with Crippen LogP contribution < -0.4 is 0 Å². The molecule has 3 nitrogen and oxygen atoms in total. The highest BCUT2D eigenvalue weighted by atomic mass is 79.9. The van der Waals surface area contributed by atoms with Crippen molar-refractivity contribution < 1.29 is 22.7 Å². The molecule has 17 heavy (non-hydrogen) atoms. The minimum atomic E-state index is -3.08. The van der Waals surface area contributed by atoms with E-state index in [1.807, 2.05) is 0 Å². The molecule has 0 spiro atoms. The molecule has 0 amide bonds. The van der Waals surface area contributed by atoms with Gasteiger partial charge in [-0.05, 0) is 13.0 Å². The summed E-state index contributed by atoms with van der Waals surface area (Å²) in [6.07, 6.45) is -3.08. The van der Waals surface area contributed by atoms with Crippen LogP contribution in [-0.4, -0.2) is 17.6 Å². The third-order valence-electron chi connectivity index (χ3n) is 1.89. The lowest BCUT2D eigenvalue weighted by atomic mass is 10.2. The maximum atomic E-state index is 13.4. The molecule has 7 heteroatoms. The lowest BCUT2D eigenvalue weighted by molar-refractivity contribution is 0.0517. The quantitative estimate of drug-likeness (QED) is 0.633. The zero-order valence-corrected chi connectivity index (χ0v) is 10.4. The minimum Gasteiger partial charge on any atom is -0.461 e. The van der Waals surface area contributed by atoms with Crippen LogP contribution >= 0.6 is 15.9 Å². The van der Waals surface area contributed by atoms with Crippen LogP contribution in [0, 0.1) is 5.82 Å². The number of aromatic nitrogens is 1. The van der Waals surface area contributed by atoms with Gasteiger partial charge in [0.1, 0.15) is 11.4 Å². The molecule has 0 radical (unpaired) electrons. The Hall–Kier alpha value is -1.11. The molecule has 0 N–H and O–H groups in total. The summed E-state index contributed by atoms with van der Waals surface area (Å²) in [5.41, 5.74) is -1.42. The van der Waals surface area contributed by atoms with Crippen LogP contribution in [0.1, 0.15) is 35.1 Å². The Kier molecular flexibility index (Phi) is 4.92. The topological polar surface area (TPSA) is 39.2 Å². The molecule has 1 aromatic heterocycles. The minimum absolute atomic E-state index is 0.00742. The Morgan fingerprint density at radius 1 is 1.59 bits per heavy atom. The van der Waals surface area contributed by atoms with Gasteiger partial charge in [0.05, 0.1) is 6.61 Å². The molecule has 94 valence electrons. The predicted octanol–water partition coefficient (Wildman–Crippen LogP) is 3.23. The first kappa shape index (κ1) is 14.0. The fraction of sp³-hybridized carbons (Fsp3) is 0.400. The molecule has 1 heterocycles. The van der Waals surface area contributed by atoms with E-state index in [4.69, 9.17) is 0 Å². The molecule has 0 bridgehead atoms. The van der Waals surface area contributed by atoms with Crippen molar-refractivity contribution in [1.82, 2.24) is 4.98 Å². The average molecular weight is 312 g/mol. The Morgan fingerprint density at radius 2 is 2.24 bits per heavy atom. The summed E-state index contributed by atoms with van der Waals surface area (Å²) in [7, 11) is 0. The molecule has 1 rings (SSSR count). The van der Waals surface area contributed by atoms with Gasteiger partial charge in [0, 0.05) is 10.9 Å². The predicted molar refractivity (Wildman–Crippen MR) is 57.7 cm³/mol. The van der Waals surface area contributed by atoms with Crippen LogP contribution in [0.3, 0.4) is 0 Å². The largest absolute Gasteiger partial charge is 0.461 e. The van der Waals surface area contributed by atoms with E-state index in [9.17, 15) is 18.0 Å². The van der Waals surface area contributed by atoms with Gasteiger partial charge in [0.2, 0.25) is 0 Å². The number of ether oxygens (including phenoxy) is 1. The second kappa shape index (κ2) is 6.00. The number of carbonyl (C=O) groups is 1. The van der Waals surface area contributed by atoms with E-state index in [-0.39, 0.29) is 23.2 Å². The number of carbonyl (C=O) groups excluding carboxylic acids is 1. The number of hydrogen-bond acceptors (Lipinski definition) is 3. The van der Waals surface area contributed by atoms with Gasteiger partial charge in [-0.2, -0.15) is 0 Å². The normalized spacial score (nSPS) is 10.7. The molecule has 0 aliphatic carbocycles. The number of hydrogen-bond donors (Lipinski definition) is 0. The molecule has 0 aliphatic rings. The second-order valence-electron chi connectivity index (χ2n) is 3.02. The van der Waals surface area contributed by atoms with E-state index in [1.54, 1.807) is 6.92 Å². The number of esters is 1. The number of pyridine rings is 1. The van der Waals surface area contributed by atoms with Crippen LogP contribution in [0.4, 0.5) is 13.2 Å².